The molecule has 2 heterocycles. The quantitative estimate of drug-likeness (QED) is 0.667. The normalized spacial score (nSPS) is 33.9. The molecule has 0 aliphatic carbocycles. The lowest BCUT2D eigenvalue weighted by Crippen LogP contribution is -2.29. The third-order valence-corrected chi connectivity index (χ3v) is 3.46. The molecule has 0 aromatic rings. The second-order valence-electron chi connectivity index (χ2n) is 5.08. The van der Waals surface area contributed by atoms with Gasteiger partial charge in [0.05, 0.1) is 12.2 Å². The maximum Gasteiger partial charge on any atom is 0.139 e. The first kappa shape index (κ1) is 10.9. The first-order valence-corrected chi connectivity index (χ1v) is 5.96. The molecule has 2 fully saturated rings. The van der Waals surface area contributed by atoms with Gasteiger partial charge >= 0.3 is 0 Å². The highest BCUT2D eigenvalue weighted by molar-refractivity contribution is 5.82. The van der Waals surface area contributed by atoms with E-state index in [1.807, 2.05) is 19.9 Å². The van der Waals surface area contributed by atoms with Gasteiger partial charge in [-0.25, -0.2) is 0 Å². The molecular formula is C13H20O2. The van der Waals surface area contributed by atoms with Crippen molar-refractivity contribution in [3.8, 4) is 0 Å². The van der Waals surface area contributed by atoms with Crippen molar-refractivity contribution >= 4 is 5.78 Å². The zero-order chi connectivity index (χ0) is 10.8. The second kappa shape index (κ2) is 4.48. The van der Waals surface area contributed by atoms with Crippen LogP contribution in [0.1, 0.15) is 46.0 Å². The average Bonchev–Trinajstić information content (AvgIpc) is 2.54. The highest BCUT2D eigenvalue weighted by atomic mass is 16.5. The summed E-state index contributed by atoms with van der Waals surface area (Å²) in [5, 5.41) is 0. The molecule has 2 aliphatic rings. The molecule has 2 rings (SSSR count). The highest BCUT2D eigenvalue weighted by Gasteiger charge is 2.37. The van der Waals surface area contributed by atoms with E-state index in [1.54, 1.807) is 0 Å². The van der Waals surface area contributed by atoms with E-state index in [0.29, 0.717) is 24.4 Å². The van der Waals surface area contributed by atoms with Crippen LogP contribution in [-0.4, -0.2) is 18.0 Å². The van der Waals surface area contributed by atoms with Crippen molar-refractivity contribution in [1.29, 1.82) is 0 Å². The SMILES string of the molecule is CC(C)=CCC(=O)C1CC2CCC(C1)O2. The smallest absolute Gasteiger partial charge is 0.139 e. The number of hydrogen-bond acceptors (Lipinski definition) is 2. The fraction of sp³-hybridized carbons (Fsp3) is 0.769. The van der Waals surface area contributed by atoms with Gasteiger partial charge in [0.1, 0.15) is 5.78 Å². The summed E-state index contributed by atoms with van der Waals surface area (Å²) < 4.78 is 5.74. The van der Waals surface area contributed by atoms with Crippen molar-refractivity contribution in [1.82, 2.24) is 0 Å². The molecule has 0 saturated carbocycles. The zero-order valence-electron chi connectivity index (χ0n) is 9.66. The van der Waals surface area contributed by atoms with Gasteiger partial charge < -0.3 is 4.74 Å². The predicted molar refractivity (Wildman–Crippen MR) is 59.7 cm³/mol. The van der Waals surface area contributed by atoms with Crippen LogP contribution >= 0.6 is 0 Å². The second-order valence-corrected chi connectivity index (χ2v) is 5.08. The number of fused-ring (bicyclic) bond motifs is 2. The third-order valence-electron chi connectivity index (χ3n) is 3.46. The molecule has 0 aromatic heterocycles. The Kier molecular flexibility index (Phi) is 3.25. The van der Waals surface area contributed by atoms with Crippen LogP contribution in [0.4, 0.5) is 0 Å². The summed E-state index contributed by atoms with van der Waals surface area (Å²) in [7, 11) is 0. The molecule has 2 bridgehead atoms. The molecule has 0 spiro atoms. The Morgan fingerprint density at radius 1 is 1.27 bits per heavy atom. The summed E-state index contributed by atoms with van der Waals surface area (Å²) in [4.78, 5) is 11.9. The van der Waals surface area contributed by atoms with E-state index >= 15 is 0 Å². The Labute approximate surface area is 91.7 Å². The molecule has 0 N–H and O–H groups in total. The Balaban J connectivity index is 1.88. The highest BCUT2D eigenvalue weighted by Crippen LogP contribution is 2.36. The number of ether oxygens (including phenoxy) is 1. The minimum atomic E-state index is 0.270. The first-order valence-electron chi connectivity index (χ1n) is 5.96. The van der Waals surface area contributed by atoms with Crippen LogP contribution in [0.15, 0.2) is 11.6 Å². The van der Waals surface area contributed by atoms with Crippen LogP contribution in [-0.2, 0) is 9.53 Å². The molecule has 84 valence electrons. The zero-order valence-corrected chi connectivity index (χ0v) is 9.66. The number of Topliss-reactive ketones (excluding diaryl/α,β-unsaturated/α-hetero) is 1. The summed E-state index contributed by atoms with van der Waals surface area (Å²) in [5.41, 5.74) is 1.23. The Morgan fingerprint density at radius 3 is 2.40 bits per heavy atom. The summed E-state index contributed by atoms with van der Waals surface area (Å²) in [6.45, 7) is 4.09. The summed E-state index contributed by atoms with van der Waals surface area (Å²) in [6.07, 6.45) is 7.67. The first-order chi connectivity index (χ1) is 7.15. The lowest BCUT2D eigenvalue weighted by atomic mass is 9.90. The molecule has 0 aromatic carbocycles. The Bertz CT molecular complexity index is 264. The molecule has 0 amide bonds. The minimum Gasteiger partial charge on any atom is -0.375 e. The monoisotopic (exact) mass is 208 g/mol. The maximum absolute atomic E-state index is 11.9. The number of carbonyl (C=O) groups excluding carboxylic acids is 1. The van der Waals surface area contributed by atoms with E-state index in [-0.39, 0.29) is 5.92 Å². The largest absolute Gasteiger partial charge is 0.375 e. The van der Waals surface area contributed by atoms with Gasteiger partial charge in [0.15, 0.2) is 0 Å². The van der Waals surface area contributed by atoms with Gasteiger partial charge in [-0.15, -0.1) is 0 Å². The lowest BCUT2D eigenvalue weighted by molar-refractivity contribution is -0.127. The van der Waals surface area contributed by atoms with Crippen molar-refractivity contribution in [3.05, 3.63) is 11.6 Å². The van der Waals surface area contributed by atoms with Crippen molar-refractivity contribution in [2.45, 2.75) is 58.2 Å². The molecule has 2 unspecified atom stereocenters. The van der Waals surface area contributed by atoms with E-state index in [0.717, 1.165) is 25.7 Å². The van der Waals surface area contributed by atoms with Gasteiger partial charge in [0, 0.05) is 12.3 Å². The molecule has 2 saturated heterocycles. The van der Waals surface area contributed by atoms with E-state index < -0.39 is 0 Å². The van der Waals surface area contributed by atoms with Crippen LogP contribution in [0.25, 0.3) is 0 Å². The van der Waals surface area contributed by atoms with Gasteiger partial charge in [-0.05, 0) is 39.5 Å². The summed E-state index contributed by atoms with van der Waals surface area (Å²) in [5.74, 6) is 0.684. The Hall–Kier alpha value is -0.630. The number of hydrogen-bond donors (Lipinski definition) is 0. The molecule has 2 atom stereocenters. The number of ketones is 1. The molecular weight excluding hydrogens is 188 g/mol. The van der Waals surface area contributed by atoms with Crippen molar-refractivity contribution in [2.75, 3.05) is 0 Å². The third kappa shape index (κ3) is 2.69. The van der Waals surface area contributed by atoms with E-state index in [4.69, 9.17) is 4.74 Å². The fourth-order valence-corrected chi connectivity index (χ4v) is 2.59. The van der Waals surface area contributed by atoms with Gasteiger partial charge in [-0.3, -0.25) is 4.79 Å². The lowest BCUT2D eigenvalue weighted by Gasteiger charge is -2.27. The number of rotatable bonds is 3. The van der Waals surface area contributed by atoms with Crippen LogP contribution in [0.2, 0.25) is 0 Å². The molecule has 2 nitrogen and oxygen atoms in total. The van der Waals surface area contributed by atoms with Crippen molar-refractivity contribution in [3.63, 3.8) is 0 Å². The Morgan fingerprint density at radius 2 is 1.87 bits per heavy atom. The summed E-state index contributed by atoms with van der Waals surface area (Å²) in [6, 6.07) is 0. The summed E-state index contributed by atoms with van der Waals surface area (Å²) >= 11 is 0. The topological polar surface area (TPSA) is 26.3 Å². The van der Waals surface area contributed by atoms with E-state index in [1.165, 1.54) is 5.57 Å². The van der Waals surface area contributed by atoms with Crippen LogP contribution in [0, 0.1) is 5.92 Å². The molecule has 2 aliphatic heterocycles. The fourth-order valence-electron chi connectivity index (χ4n) is 2.59. The standard InChI is InChI=1S/C13H20O2/c1-9(2)3-6-13(14)10-7-11-4-5-12(8-10)15-11/h3,10-12H,4-8H2,1-2H3. The van der Waals surface area contributed by atoms with Gasteiger partial charge in [-0.2, -0.15) is 0 Å². The van der Waals surface area contributed by atoms with Crippen molar-refractivity contribution in [2.24, 2.45) is 5.92 Å². The maximum atomic E-state index is 11.9. The van der Waals surface area contributed by atoms with Crippen LogP contribution in [0.5, 0.6) is 0 Å². The molecule has 2 heteroatoms. The van der Waals surface area contributed by atoms with Gasteiger partial charge in [0.25, 0.3) is 0 Å². The van der Waals surface area contributed by atoms with Gasteiger partial charge in [-0.1, -0.05) is 11.6 Å². The van der Waals surface area contributed by atoms with E-state index in [9.17, 15) is 4.79 Å². The number of carbonyl (C=O) groups is 1. The average molecular weight is 208 g/mol. The minimum absolute atomic E-state index is 0.270. The van der Waals surface area contributed by atoms with Crippen LogP contribution in [0.3, 0.4) is 0 Å². The molecule has 15 heavy (non-hydrogen) atoms. The molecule has 0 radical (unpaired) electrons. The van der Waals surface area contributed by atoms with E-state index in [2.05, 4.69) is 0 Å². The number of allylic oxidation sites excluding steroid dienone is 2. The predicted octanol–water partition coefficient (Wildman–Crippen LogP) is 2.87. The van der Waals surface area contributed by atoms with Crippen LogP contribution < -0.4 is 0 Å². The van der Waals surface area contributed by atoms with Gasteiger partial charge in [0.2, 0.25) is 0 Å². The van der Waals surface area contributed by atoms with Crippen molar-refractivity contribution < 1.29 is 9.53 Å².